The second-order valence-corrected chi connectivity index (χ2v) is 5.39. The van der Waals surface area contributed by atoms with Crippen molar-refractivity contribution in [2.24, 2.45) is 0 Å². The minimum absolute atomic E-state index is 0.244. The predicted octanol–water partition coefficient (Wildman–Crippen LogP) is 3.42. The molecule has 1 N–H and O–H groups in total. The molecule has 1 nitrogen and oxygen atoms in total. The molecule has 1 aromatic carbocycles. The first-order valence-corrected chi connectivity index (χ1v) is 6.47. The highest BCUT2D eigenvalue weighted by Gasteiger charge is 2.21. The maximum Gasteiger partial charge on any atom is 0.123 e. The maximum atomic E-state index is 12.8. The lowest BCUT2D eigenvalue weighted by atomic mass is 9.91. The van der Waals surface area contributed by atoms with Gasteiger partial charge in [-0.1, -0.05) is 12.1 Å². The summed E-state index contributed by atoms with van der Waals surface area (Å²) in [7, 11) is 0. The van der Waals surface area contributed by atoms with Gasteiger partial charge in [0.05, 0.1) is 5.60 Å². The Hall–Kier alpha value is -1.19. The molecule has 0 amide bonds. The van der Waals surface area contributed by atoms with Crippen LogP contribution < -0.4 is 0 Å². The molecule has 0 spiro atoms. The standard InChI is InChI=1S/C14H15FOS/c1-14(16,9-12-6-7-17-10-12)8-11-2-4-13(15)5-3-11/h2-7,10,16H,8-9H2,1H3. The second-order valence-electron chi connectivity index (χ2n) is 4.61. The summed E-state index contributed by atoms with van der Waals surface area (Å²) in [5.41, 5.74) is 1.30. The number of thiophene rings is 1. The third-order valence-electron chi connectivity index (χ3n) is 2.66. The number of rotatable bonds is 4. The molecule has 0 saturated carbocycles. The summed E-state index contributed by atoms with van der Waals surface area (Å²) in [5.74, 6) is -0.244. The third-order valence-corrected chi connectivity index (χ3v) is 3.40. The van der Waals surface area contributed by atoms with E-state index in [4.69, 9.17) is 0 Å². The average Bonchev–Trinajstić information content (AvgIpc) is 2.73. The molecule has 0 aliphatic carbocycles. The van der Waals surface area contributed by atoms with Crippen molar-refractivity contribution in [1.82, 2.24) is 0 Å². The molecule has 1 unspecified atom stereocenters. The monoisotopic (exact) mass is 250 g/mol. The quantitative estimate of drug-likeness (QED) is 0.881. The Morgan fingerprint density at radius 2 is 1.76 bits per heavy atom. The SMILES string of the molecule is CC(O)(Cc1ccc(F)cc1)Cc1ccsc1. The molecule has 0 radical (unpaired) electrons. The second kappa shape index (κ2) is 4.98. The van der Waals surface area contributed by atoms with E-state index >= 15 is 0 Å². The maximum absolute atomic E-state index is 12.8. The normalized spacial score (nSPS) is 14.5. The van der Waals surface area contributed by atoms with Crippen LogP contribution in [0.25, 0.3) is 0 Å². The van der Waals surface area contributed by atoms with Gasteiger partial charge in [0.2, 0.25) is 0 Å². The average molecular weight is 250 g/mol. The van der Waals surface area contributed by atoms with Crippen LogP contribution >= 0.6 is 11.3 Å². The van der Waals surface area contributed by atoms with Crippen molar-refractivity contribution < 1.29 is 9.50 Å². The fraction of sp³-hybridized carbons (Fsp3) is 0.286. The van der Waals surface area contributed by atoms with Crippen molar-refractivity contribution in [3.8, 4) is 0 Å². The lowest BCUT2D eigenvalue weighted by Gasteiger charge is -2.23. The number of hydrogen-bond acceptors (Lipinski definition) is 2. The Labute approximate surface area is 105 Å². The molecule has 0 fully saturated rings. The van der Waals surface area contributed by atoms with Gasteiger partial charge in [-0.25, -0.2) is 4.39 Å². The smallest absolute Gasteiger partial charge is 0.123 e. The van der Waals surface area contributed by atoms with Crippen molar-refractivity contribution in [2.75, 3.05) is 0 Å². The fourth-order valence-corrected chi connectivity index (χ4v) is 2.61. The first-order valence-electron chi connectivity index (χ1n) is 5.53. The first-order chi connectivity index (χ1) is 8.05. The minimum Gasteiger partial charge on any atom is -0.389 e. The van der Waals surface area contributed by atoms with E-state index < -0.39 is 5.60 Å². The Morgan fingerprint density at radius 3 is 2.35 bits per heavy atom. The first kappa shape index (κ1) is 12.3. The summed E-state index contributed by atoms with van der Waals surface area (Å²) in [4.78, 5) is 0. The summed E-state index contributed by atoms with van der Waals surface area (Å²) < 4.78 is 12.8. The number of aliphatic hydroxyl groups is 1. The van der Waals surface area contributed by atoms with E-state index in [2.05, 4.69) is 0 Å². The highest BCUT2D eigenvalue weighted by Crippen LogP contribution is 2.20. The zero-order chi connectivity index (χ0) is 12.3. The van der Waals surface area contributed by atoms with Crippen LogP contribution in [0.1, 0.15) is 18.1 Å². The van der Waals surface area contributed by atoms with Crippen LogP contribution in [0.5, 0.6) is 0 Å². The molecule has 3 heteroatoms. The van der Waals surface area contributed by atoms with E-state index in [1.165, 1.54) is 12.1 Å². The van der Waals surface area contributed by atoms with Crippen LogP contribution in [0.4, 0.5) is 4.39 Å². The number of hydrogen-bond donors (Lipinski definition) is 1. The van der Waals surface area contributed by atoms with Gasteiger partial charge in [-0.2, -0.15) is 11.3 Å². The van der Waals surface area contributed by atoms with Crippen molar-refractivity contribution >= 4 is 11.3 Å². The van der Waals surface area contributed by atoms with E-state index in [0.29, 0.717) is 12.8 Å². The lowest BCUT2D eigenvalue weighted by molar-refractivity contribution is 0.0609. The summed E-state index contributed by atoms with van der Waals surface area (Å²) in [6.45, 7) is 1.81. The van der Waals surface area contributed by atoms with Gasteiger partial charge >= 0.3 is 0 Å². The van der Waals surface area contributed by atoms with E-state index in [9.17, 15) is 9.50 Å². The van der Waals surface area contributed by atoms with Gasteiger partial charge in [-0.3, -0.25) is 0 Å². The zero-order valence-corrected chi connectivity index (χ0v) is 10.5. The van der Waals surface area contributed by atoms with Gasteiger partial charge in [0.1, 0.15) is 5.82 Å². The zero-order valence-electron chi connectivity index (χ0n) is 9.69. The molecule has 2 aromatic rings. The van der Waals surface area contributed by atoms with Gasteiger partial charge in [-0.15, -0.1) is 0 Å². The predicted molar refractivity (Wildman–Crippen MR) is 68.8 cm³/mol. The minimum atomic E-state index is -0.793. The van der Waals surface area contributed by atoms with Crippen LogP contribution in [-0.4, -0.2) is 10.7 Å². The molecule has 1 heterocycles. The summed E-state index contributed by atoms with van der Waals surface area (Å²) in [5, 5.41) is 14.4. The van der Waals surface area contributed by atoms with Crippen molar-refractivity contribution in [3.05, 3.63) is 58.0 Å². The van der Waals surface area contributed by atoms with E-state index in [1.54, 1.807) is 23.5 Å². The van der Waals surface area contributed by atoms with Gasteiger partial charge in [0.15, 0.2) is 0 Å². The van der Waals surface area contributed by atoms with Crippen molar-refractivity contribution in [2.45, 2.75) is 25.4 Å². The van der Waals surface area contributed by atoms with Gasteiger partial charge in [-0.05, 0) is 47.0 Å². The summed E-state index contributed by atoms with van der Waals surface area (Å²) in [6.07, 6.45) is 1.15. The molecule has 0 aliphatic rings. The Balaban J connectivity index is 2.03. The van der Waals surface area contributed by atoms with Crippen LogP contribution in [-0.2, 0) is 12.8 Å². The molecule has 17 heavy (non-hydrogen) atoms. The molecule has 0 bridgehead atoms. The molecule has 1 aromatic heterocycles. The van der Waals surface area contributed by atoms with Gasteiger partial charge in [0, 0.05) is 12.8 Å². The Kier molecular flexibility index (Phi) is 3.60. The van der Waals surface area contributed by atoms with Gasteiger partial charge in [0.25, 0.3) is 0 Å². The Morgan fingerprint density at radius 1 is 1.12 bits per heavy atom. The highest BCUT2D eigenvalue weighted by atomic mass is 32.1. The molecule has 0 aliphatic heterocycles. The Bertz CT molecular complexity index is 459. The molecule has 1 atom stereocenters. The van der Waals surface area contributed by atoms with Crippen LogP contribution in [0, 0.1) is 5.82 Å². The lowest BCUT2D eigenvalue weighted by Crippen LogP contribution is -2.29. The van der Waals surface area contributed by atoms with E-state index in [0.717, 1.165) is 11.1 Å². The van der Waals surface area contributed by atoms with Crippen LogP contribution in [0.3, 0.4) is 0 Å². The summed E-state index contributed by atoms with van der Waals surface area (Å²) >= 11 is 1.63. The number of benzene rings is 1. The van der Waals surface area contributed by atoms with Crippen molar-refractivity contribution in [1.29, 1.82) is 0 Å². The summed E-state index contributed by atoms with van der Waals surface area (Å²) in [6, 6.07) is 8.31. The van der Waals surface area contributed by atoms with Crippen LogP contribution in [0.2, 0.25) is 0 Å². The van der Waals surface area contributed by atoms with E-state index in [-0.39, 0.29) is 5.82 Å². The molecule has 2 rings (SSSR count). The topological polar surface area (TPSA) is 20.2 Å². The van der Waals surface area contributed by atoms with E-state index in [1.807, 2.05) is 23.8 Å². The molecular formula is C14H15FOS. The largest absolute Gasteiger partial charge is 0.389 e. The third kappa shape index (κ3) is 3.65. The number of halogens is 1. The highest BCUT2D eigenvalue weighted by molar-refractivity contribution is 7.07. The van der Waals surface area contributed by atoms with Crippen molar-refractivity contribution in [3.63, 3.8) is 0 Å². The van der Waals surface area contributed by atoms with Gasteiger partial charge < -0.3 is 5.11 Å². The molecule has 0 saturated heterocycles. The molecular weight excluding hydrogens is 235 g/mol. The molecule has 90 valence electrons. The fourth-order valence-electron chi connectivity index (χ4n) is 1.94. The van der Waals surface area contributed by atoms with Crippen LogP contribution in [0.15, 0.2) is 41.1 Å².